The van der Waals surface area contributed by atoms with Crippen LogP contribution in [0.2, 0.25) is 0 Å². The van der Waals surface area contributed by atoms with Crippen molar-refractivity contribution in [2.45, 2.75) is 6.42 Å². The van der Waals surface area contributed by atoms with Crippen molar-refractivity contribution in [3.63, 3.8) is 0 Å². The van der Waals surface area contributed by atoms with Gasteiger partial charge in [-0.3, -0.25) is 4.68 Å². The molecule has 0 spiro atoms. The highest BCUT2D eigenvalue weighted by atomic mass is 79.9. The van der Waals surface area contributed by atoms with Crippen LogP contribution >= 0.6 is 28.1 Å². The summed E-state index contributed by atoms with van der Waals surface area (Å²) < 4.78 is 16.0. The first-order valence-corrected chi connectivity index (χ1v) is 7.05. The van der Waals surface area contributed by atoms with Crippen LogP contribution in [0.25, 0.3) is 0 Å². The Morgan fingerprint density at radius 2 is 2.30 bits per heavy atom. The van der Waals surface area contributed by atoms with E-state index in [1.54, 1.807) is 30.2 Å². The fraction of sp³-hybridized carbons (Fsp3) is 0.250. The maximum atomic E-state index is 14.1. The second-order valence-electron chi connectivity index (χ2n) is 4.16. The molecule has 0 atom stereocenters. The summed E-state index contributed by atoms with van der Waals surface area (Å²) in [6.45, 7) is 0.528. The maximum Gasteiger partial charge on any atom is 0.161 e. The number of rotatable bonds is 5. The van der Waals surface area contributed by atoms with E-state index in [9.17, 15) is 4.39 Å². The van der Waals surface area contributed by atoms with Gasteiger partial charge in [0.1, 0.15) is 11.3 Å². The minimum atomic E-state index is -0.413. The molecule has 0 bridgehead atoms. The van der Waals surface area contributed by atoms with E-state index in [2.05, 4.69) is 31.3 Å². The van der Waals surface area contributed by atoms with Gasteiger partial charge in [0.15, 0.2) is 11.6 Å². The number of anilines is 1. The molecule has 0 saturated carbocycles. The number of nitrogens with zero attached hydrogens (tertiary/aromatic N) is 3. The highest BCUT2D eigenvalue weighted by molar-refractivity contribution is 9.10. The van der Waals surface area contributed by atoms with Crippen LogP contribution < -0.4 is 11.1 Å². The van der Waals surface area contributed by atoms with Crippen LogP contribution in [0.4, 0.5) is 10.1 Å². The first-order valence-electron chi connectivity index (χ1n) is 5.85. The van der Waals surface area contributed by atoms with Crippen molar-refractivity contribution in [2.24, 2.45) is 12.8 Å². The van der Waals surface area contributed by atoms with Crippen LogP contribution in [0.1, 0.15) is 11.4 Å². The number of nitrogens with one attached hydrogen (secondary N) is 1. The predicted molar refractivity (Wildman–Crippen MR) is 83.2 cm³/mol. The third-order valence-corrected chi connectivity index (χ3v) is 3.65. The summed E-state index contributed by atoms with van der Waals surface area (Å²) >= 11 is 8.01. The van der Waals surface area contributed by atoms with E-state index < -0.39 is 5.82 Å². The monoisotopic (exact) mass is 357 g/mol. The first kappa shape index (κ1) is 14.9. The predicted octanol–water partition coefficient (Wildman–Crippen LogP) is 2.01. The molecule has 0 unspecified atom stereocenters. The molecule has 0 aliphatic carbocycles. The summed E-state index contributed by atoms with van der Waals surface area (Å²) in [5.74, 6) is 0.295. The van der Waals surface area contributed by atoms with Crippen molar-refractivity contribution in [3.05, 3.63) is 40.1 Å². The molecule has 0 radical (unpaired) electrons. The number of aryl methyl sites for hydroxylation is 1. The number of hydrogen-bond acceptors (Lipinski definition) is 4. The maximum absolute atomic E-state index is 14.1. The van der Waals surface area contributed by atoms with Gasteiger partial charge in [-0.25, -0.2) is 9.37 Å². The van der Waals surface area contributed by atoms with Crippen LogP contribution in [0.3, 0.4) is 0 Å². The van der Waals surface area contributed by atoms with Crippen LogP contribution in [-0.4, -0.2) is 26.3 Å². The number of halogens is 2. The number of thiocarbonyl (C=S) groups is 1. The molecule has 5 nitrogen and oxygen atoms in total. The average Bonchev–Trinajstić information content (AvgIpc) is 2.80. The van der Waals surface area contributed by atoms with Crippen molar-refractivity contribution in [2.75, 3.05) is 11.9 Å². The lowest BCUT2D eigenvalue weighted by atomic mass is 10.2. The Morgan fingerprint density at radius 1 is 1.55 bits per heavy atom. The van der Waals surface area contributed by atoms with Crippen molar-refractivity contribution in [1.29, 1.82) is 0 Å². The fourth-order valence-electron chi connectivity index (χ4n) is 1.68. The lowest BCUT2D eigenvalue weighted by molar-refractivity contribution is 0.623. The van der Waals surface area contributed by atoms with Gasteiger partial charge in [0, 0.05) is 25.6 Å². The Labute approximate surface area is 129 Å². The van der Waals surface area contributed by atoms with Gasteiger partial charge in [0.05, 0.1) is 10.2 Å². The van der Waals surface area contributed by atoms with Gasteiger partial charge in [-0.15, -0.1) is 0 Å². The van der Waals surface area contributed by atoms with Crippen molar-refractivity contribution in [1.82, 2.24) is 14.8 Å². The fourth-order valence-corrected chi connectivity index (χ4v) is 2.54. The number of benzene rings is 1. The standard InChI is InChI=1S/C12H13BrFN5S/c1-19-6-17-9(18-19)4-5-16-8-3-2-7(12(15)20)10(13)11(8)14/h2-3,6,16H,4-5H2,1H3,(H2,15,20). The van der Waals surface area contributed by atoms with Crippen LogP contribution in [0.15, 0.2) is 22.9 Å². The van der Waals surface area contributed by atoms with Gasteiger partial charge in [-0.05, 0) is 28.1 Å². The lowest BCUT2D eigenvalue weighted by Gasteiger charge is -2.10. The quantitative estimate of drug-likeness (QED) is 0.801. The summed E-state index contributed by atoms with van der Waals surface area (Å²) in [5.41, 5.74) is 6.37. The molecule has 0 saturated heterocycles. The molecule has 1 aromatic heterocycles. The van der Waals surface area contributed by atoms with Gasteiger partial charge in [0.2, 0.25) is 0 Å². The highest BCUT2D eigenvalue weighted by Gasteiger charge is 2.12. The zero-order valence-corrected chi connectivity index (χ0v) is 13.1. The van der Waals surface area contributed by atoms with Gasteiger partial charge in [-0.2, -0.15) is 5.10 Å². The van der Waals surface area contributed by atoms with E-state index in [1.165, 1.54) is 0 Å². The molecule has 20 heavy (non-hydrogen) atoms. The Bertz CT molecular complexity index is 643. The molecule has 106 valence electrons. The van der Waals surface area contributed by atoms with Gasteiger partial charge >= 0.3 is 0 Å². The summed E-state index contributed by atoms with van der Waals surface area (Å²) in [7, 11) is 1.80. The summed E-state index contributed by atoms with van der Waals surface area (Å²) in [6.07, 6.45) is 2.23. The number of nitrogens with two attached hydrogens (primary N) is 1. The van der Waals surface area contributed by atoms with E-state index in [0.717, 1.165) is 0 Å². The molecule has 1 heterocycles. The molecule has 1 aromatic carbocycles. The lowest BCUT2D eigenvalue weighted by Crippen LogP contribution is -2.13. The second-order valence-corrected chi connectivity index (χ2v) is 5.40. The highest BCUT2D eigenvalue weighted by Crippen LogP contribution is 2.27. The molecule has 0 amide bonds. The SMILES string of the molecule is Cn1cnc(CCNc2ccc(C(N)=S)c(Br)c2F)n1. The zero-order valence-electron chi connectivity index (χ0n) is 10.7. The topological polar surface area (TPSA) is 68.8 Å². The normalized spacial score (nSPS) is 10.6. The van der Waals surface area contributed by atoms with Crippen molar-refractivity contribution >= 4 is 38.8 Å². The smallest absolute Gasteiger partial charge is 0.161 e. The van der Waals surface area contributed by atoms with E-state index in [0.29, 0.717) is 30.0 Å². The van der Waals surface area contributed by atoms with E-state index in [4.69, 9.17) is 18.0 Å². The number of hydrogen-bond donors (Lipinski definition) is 2. The van der Waals surface area contributed by atoms with Crippen molar-refractivity contribution in [3.8, 4) is 0 Å². The van der Waals surface area contributed by atoms with E-state index in [1.807, 2.05) is 0 Å². The van der Waals surface area contributed by atoms with Gasteiger partial charge in [0.25, 0.3) is 0 Å². The molecule has 8 heteroatoms. The zero-order chi connectivity index (χ0) is 14.7. The molecule has 3 N–H and O–H groups in total. The Kier molecular flexibility index (Phi) is 4.66. The van der Waals surface area contributed by atoms with E-state index >= 15 is 0 Å². The van der Waals surface area contributed by atoms with E-state index in [-0.39, 0.29) is 9.46 Å². The molecular formula is C12H13BrFN5S. The van der Waals surface area contributed by atoms with Crippen LogP contribution in [-0.2, 0) is 13.5 Å². The largest absolute Gasteiger partial charge is 0.389 e. The van der Waals surface area contributed by atoms with Crippen LogP contribution in [0, 0.1) is 5.82 Å². The molecule has 2 rings (SSSR count). The van der Waals surface area contributed by atoms with Crippen LogP contribution in [0.5, 0.6) is 0 Å². The van der Waals surface area contributed by atoms with Gasteiger partial charge < -0.3 is 11.1 Å². The number of aromatic nitrogens is 3. The average molecular weight is 358 g/mol. The second kappa shape index (κ2) is 6.27. The molecule has 0 fully saturated rings. The Morgan fingerprint density at radius 3 is 2.90 bits per heavy atom. The molecule has 0 aliphatic heterocycles. The summed E-state index contributed by atoms with van der Waals surface area (Å²) in [4.78, 5) is 4.25. The molecular weight excluding hydrogens is 345 g/mol. The Balaban J connectivity index is 2.03. The van der Waals surface area contributed by atoms with Crippen molar-refractivity contribution < 1.29 is 4.39 Å². The summed E-state index contributed by atoms with van der Waals surface area (Å²) in [5, 5.41) is 7.15. The third-order valence-electron chi connectivity index (χ3n) is 2.66. The molecule has 2 aromatic rings. The minimum absolute atomic E-state index is 0.153. The minimum Gasteiger partial charge on any atom is -0.389 e. The van der Waals surface area contributed by atoms with Gasteiger partial charge in [-0.1, -0.05) is 12.2 Å². The molecule has 0 aliphatic rings. The summed E-state index contributed by atoms with van der Waals surface area (Å²) in [6, 6.07) is 3.29. The third kappa shape index (κ3) is 3.31. The first-order chi connectivity index (χ1) is 9.49. The Hall–Kier alpha value is -1.54.